The summed E-state index contributed by atoms with van der Waals surface area (Å²) < 4.78 is 7.47. The van der Waals surface area contributed by atoms with Crippen molar-refractivity contribution in [3.05, 3.63) is 48.0 Å². The predicted octanol–water partition coefficient (Wildman–Crippen LogP) is 2.31. The highest BCUT2D eigenvalue weighted by Crippen LogP contribution is 2.30. The van der Waals surface area contributed by atoms with Gasteiger partial charge in [-0.05, 0) is 31.4 Å². The molecule has 0 radical (unpaired) electrons. The average molecular weight is 356 g/mol. The molecule has 26 heavy (non-hydrogen) atoms. The van der Waals surface area contributed by atoms with E-state index in [-0.39, 0.29) is 24.0 Å². The van der Waals surface area contributed by atoms with Gasteiger partial charge in [0.1, 0.15) is 17.6 Å². The third-order valence-electron chi connectivity index (χ3n) is 5.20. The van der Waals surface area contributed by atoms with Crippen molar-refractivity contribution in [2.45, 2.75) is 44.3 Å². The van der Waals surface area contributed by atoms with Crippen LogP contribution in [0.5, 0.6) is 5.75 Å². The highest BCUT2D eigenvalue weighted by Gasteiger charge is 2.37. The van der Waals surface area contributed by atoms with Gasteiger partial charge in [-0.15, -0.1) is 0 Å². The number of aromatic nitrogens is 2. The molecule has 1 unspecified atom stereocenters. The molecule has 1 aliphatic heterocycles. The van der Waals surface area contributed by atoms with E-state index in [0.717, 1.165) is 24.4 Å². The number of hydrogen-bond acceptors (Lipinski definition) is 4. The number of rotatable bonds is 6. The minimum Gasteiger partial charge on any atom is -0.496 e. The Morgan fingerprint density at radius 2 is 2.12 bits per heavy atom. The third kappa shape index (κ3) is 3.75. The molecule has 140 valence electrons. The SMILES string of the molecule is COc1ccccc1CC(C)N[C@@H]1CCC(=O)N(C)[C@H]1c1nccn1C. The molecule has 2 aromatic rings. The number of likely N-dealkylation sites (N-methyl/N-ethyl adjacent to an activating group) is 1. The lowest BCUT2D eigenvalue weighted by Gasteiger charge is -2.40. The number of para-hydroxylation sites is 1. The Morgan fingerprint density at radius 1 is 1.35 bits per heavy atom. The predicted molar refractivity (Wildman–Crippen MR) is 101 cm³/mol. The van der Waals surface area contributed by atoms with Crippen LogP contribution in [0.2, 0.25) is 0 Å². The van der Waals surface area contributed by atoms with Gasteiger partial charge in [-0.1, -0.05) is 18.2 Å². The number of amides is 1. The van der Waals surface area contributed by atoms with Gasteiger partial charge in [0, 0.05) is 45.0 Å². The van der Waals surface area contributed by atoms with Crippen LogP contribution in [0.3, 0.4) is 0 Å². The lowest BCUT2D eigenvalue weighted by molar-refractivity contribution is -0.136. The number of ether oxygens (including phenoxy) is 1. The first-order valence-electron chi connectivity index (χ1n) is 9.12. The topological polar surface area (TPSA) is 59.4 Å². The van der Waals surface area contributed by atoms with E-state index in [1.165, 1.54) is 5.56 Å². The summed E-state index contributed by atoms with van der Waals surface area (Å²) in [5, 5.41) is 3.73. The lowest BCUT2D eigenvalue weighted by Crippen LogP contribution is -2.52. The Labute approximate surface area is 155 Å². The zero-order valence-corrected chi connectivity index (χ0v) is 16.0. The number of hydrogen-bond donors (Lipinski definition) is 1. The summed E-state index contributed by atoms with van der Waals surface area (Å²) in [4.78, 5) is 18.6. The monoisotopic (exact) mass is 356 g/mol. The molecular weight excluding hydrogens is 328 g/mol. The zero-order chi connectivity index (χ0) is 18.7. The fraction of sp³-hybridized carbons (Fsp3) is 0.500. The molecule has 1 N–H and O–H groups in total. The Morgan fingerprint density at radius 3 is 2.81 bits per heavy atom. The van der Waals surface area contributed by atoms with Crippen molar-refractivity contribution in [1.82, 2.24) is 19.8 Å². The van der Waals surface area contributed by atoms with E-state index in [0.29, 0.717) is 6.42 Å². The molecule has 0 spiro atoms. The van der Waals surface area contributed by atoms with Gasteiger partial charge in [-0.25, -0.2) is 4.98 Å². The molecular formula is C20H28N4O2. The molecule has 0 bridgehead atoms. The van der Waals surface area contributed by atoms with Crippen LogP contribution in [0.15, 0.2) is 36.7 Å². The van der Waals surface area contributed by atoms with Crippen molar-refractivity contribution in [3.63, 3.8) is 0 Å². The number of imidazole rings is 1. The molecule has 1 amide bonds. The number of nitrogens with one attached hydrogen (secondary N) is 1. The maximum Gasteiger partial charge on any atom is 0.223 e. The fourth-order valence-electron chi connectivity index (χ4n) is 3.85. The molecule has 0 aliphatic carbocycles. The van der Waals surface area contributed by atoms with Gasteiger partial charge in [0.05, 0.1) is 7.11 Å². The summed E-state index contributed by atoms with van der Waals surface area (Å²) >= 11 is 0. The first-order chi connectivity index (χ1) is 12.5. The summed E-state index contributed by atoms with van der Waals surface area (Å²) in [7, 11) is 5.56. The van der Waals surface area contributed by atoms with Crippen LogP contribution in [0, 0.1) is 0 Å². The standard InChI is InChI=1S/C20H28N4O2/c1-14(13-15-7-5-6-8-17(15)26-4)22-16-9-10-18(25)24(3)19(16)20-21-11-12-23(20)2/h5-8,11-12,14,16,19,22H,9-10,13H2,1-4H3/t14?,16-,19-/m1/s1. The third-order valence-corrected chi connectivity index (χ3v) is 5.20. The number of likely N-dealkylation sites (tertiary alicyclic amines) is 1. The molecule has 6 heteroatoms. The summed E-state index contributed by atoms with van der Waals surface area (Å²) in [5.41, 5.74) is 1.18. The fourth-order valence-corrected chi connectivity index (χ4v) is 3.85. The molecule has 1 aliphatic rings. The highest BCUT2D eigenvalue weighted by atomic mass is 16.5. The maximum absolute atomic E-state index is 12.3. The Kier molecular flexibility index (Phi) is 5.61. The Balaban J connectivity index is 1.76. The van der Waals surface area contributed by atoms with Gasteiger partial charge >= 0.3 is 0 Å². The summed E-state index contributed by atoms with van der Waals surface area (Å²) in [6.45, 7) is 2.18. The number of carbonyl (C=O) groups excluding carboxylic acids is 1. The molecule has 1 aromatic heterocycles. The van der Waals surface area contributed by atoms with E-state index in [1.807, 2.05) is 48.0 Å². The minimum absolute atomic E-state index is 0.0589. The van der Waals surface area contributed by atoms with Crippen LogP contribution in [0.25, 0.3) is 0 Å². The molecule has 1 saturated heterocycles. The number of methoxy groups -OCH3 is 1. The number of aryl methyl sites for hydroxylation is 1. The van der Waals surface area contributed by atoms with Crippen molar-refractivity contribution >= 4 is 5.91 Å². The van der Waals surface area contributed by atoms with Crippen LogP contribution >= 0.6 is 0 Å². The van der Waals surface area contributed by atoms with E-state index in [1.54, 1.807) is 13.3 Å². The quantitative estimate of drug-likeness (QED) is 0.863. The second-order valence-electron chi connectivity index (χ2n) is 7.07. The Hall–Kier alpha value is -2.34. The molecule has 1 fully saturated rings. The first kappa shape index (κ1) is 18.5. The molecule has 1 aromatic carbocycles. The van der Waals surface area contributed by atoms with Crippen molar-refractivity contribution < 1.29 is 9.53 Å². The smallest absolute Gasteiger partial charge is 0.223 e. The maximum atomic E-state index is 12.3. The van der Waals surface area contributed by atoms with E-state index >= 15 is 0 Å². The van der Waals surface area contributed by atoms with Crippen molar-refractivity contribution in [1.29, 1.82) is 0 Å². The van der Waals surface area contributed by atoms with Crippen LogP contribution in [-0.2, 0) is 18.3 Å². The zero-order valence-electron chi connectivity index (χ0n) is 16.0. The number of benzene rings is 1. The van der Waals surface area contributed by atoms with Crippen LogP contribution in [0.1, 0.15) is 37.2 Å². The van der Waals surface area contributed by atoms with E-state index in [9.17, 15) is 4.79 Å². The van der Waals surface area contributed by atoms with Crippen LogP contribution in [-0.4, -0.2) is 46.6 Å². The number of carbonyl (C=O) groups is 1. The minimum atomic E-state index is -0.0589. The van der Waals surface area contributed by atoms with Crippen LogP contribution in [0.4, 0.5) is 0 Å². The molecule has 3 atom stereocenters. The first-order valence-corrected chi connectivity index (χ1v) is 9.12. The normalized spacial score (nSPS) is 21.7. The van der Waals surface area contributed by atoms with Gasteiger partial charge < -0.3 is 19.5 Å². The molecule has 0 saturated carbocycles. The van der Waals surface area contributed by atoms with E-state index in [4.69, 9.17) is 4.74 Å². The van der Waals surface area contributed by atoms with Crippen LogP contribution < -0.4 is 10.1 Å². The summed E-state index contributed by atoms with van der Waals surface area (Å²) in [6.07, 6.45) is 5.97. The second-order valence-corrected chi connectivity index (χ2v) is 7.07. The van der Waals surface area contributed by atoms with Crippen molar-refractivity contribution in [3.8, 4) is 5.75 Å². The van der Waals surface area contributed by atoms with E-state index in [2.05, 4.69) is 23.3 Å². The van der Waals surface area contributed by atoms with E-state index < -0.39 is 0 Å². The van der Waals surface area contributed by atoms with Gasteiger partial charge in [-0.2, -0.15) is 0 Å². The molecule has 6 nitrogen and oxygen atoms in total. The highest BCUT2D eigenvalue weighted by molar-refractivity contribution is 5.77. The number of piperidine rings is 1. The summed E-state index contributed by atoms with van der Waals surface area (Å²) in [6, 6.07) is 8.48. The van der Waals surface area contributed by atoms with Gasteiger partial charge in [0.15, 0.2) is 0 Å². The number of nitrogens with zero attached hydrogens (tertiary/aromatic N) is 3. The average Bonchev–Trinajstić information content (AvgIpc) is 3.04. The van der Waals surface area contributed by atoms with Crippen molar-refractivity contribution in [2.75, 3.05) is 14.2 Å². The molecule has 3 rings (SSSR count). The largest absolute Gasteiger partial charge is 0.496 e. The van der Waals surface area contributed by atoms with Gasteiger partial charge in [0.2, 0.25) is 5.91 Å². The van der Waals surface area contributed by atoms with Gasteiger partial charge in [-0.3, -0.25) is 4.79 Å². The summed E-state index contributed by atoms with van der Waals surface area (Å²) in [5.74, 6) is 2.01. The van der Waals surface area contributed by atoms with Crippen molar-refractivity contribution in [2.24, 2.45) is 7.05 Å². The second kappa shape index (κ2) is 7.91. The lowest BCUT2D eigenvalue weighted by atomic mass is 9.93. The molecule has 2 heterocycles. The Bertz CT molecular complexity index is 758. The van der Waals surface area contributed by atoms with Gasteiger partial charge in [0.25, 0.3) is 0 Å².